The number of nitrogens with zero attached hydrogens (tertiary/aromatic N) is 4. The second kappa shape index (κ2) is 10.9. The number of aryl methyl sites for hydroxylation is 1. The predicted octanol–water partition coefficient (Wildman–Crippen LogP) is 6.00. The molecule has 37 heavy (non-hydrogen) atoms. The molecule has 2 N–H and O–H groups in total. The first kappa shape index (κ1) is 24.5. The van der Waals surface area contributed by atoms with E-state index >= 15 is 0 Å². The fourth-order valence-corrected chi connectivity index (χ4v) is 4.70. The molecular formula is C28H22ClN5O2S. The number of hydrogen-bond acceptors (Lipinski definition) is 6. The summed E-state index contributed by atoms with van der Waals surface area (Å²) in [6.45, 7) is 2.02. The van der Waals surface area contributed by atoms with Gasteiger partial charge in [-0.05, 0) is 60.2 Å². The highest BCUT2D eigenvalue weighted by Crippen LogP contribution is 2.29. The Kier molecular flexibility index (Phi) is 7.20. The molecular weight excluding hydrogens is 506 g/mol. The largest absolute Gasteiger partial charge is 0.507 e. The van der Waals surface area contributed by atoms with Gasteiger partial charge in [-0.3, -0.25) is 9.36 Å². The maximum atomic E-state index is 12.6. The van der Waals surface area contributed by atoms with Crippen LogP contribution < -0.4 is 5.43 Å². The molecule has 0 aliphatic heterocycles. The average molecular weight is 528 g/mol. The number of aromatic hydroxyl groups is 1. The lowest BCUT2D eigenvalue weighted by Gasteiger charge is -2.11. The Morgan fingerprint density at radius 1 is 1.03 bits per heavy atom. The molecule has 1 heterocycles. The van der Waals surface area contributed by atoms with Gasteiger partial charge in [0.1, 0.15) is 5.75 Å². The third-order valence-electron chi connectivity index (χ3n) is 5.69. The summed E-state index contributed by atoms with van der Waals surface area (Å²) in [5.74, 6) is 0.496. The molecule has 0 radical (unpaired) electrons. The molecule has 9 heteroatoms. The average Bonchev–Trinajstić information content (AvgIpc) is 3.33. The molecule has 7 nitrogen and oxygen atoms in total. The fourth-order valence-electron chi connectivity index (χ4n) is 3.83. The van der Waals surface area contributed by atoms with Crippen LogP contribution in [0.4, 0.5) is 0 Å². The number of amides is 1. The van der Waals surface area contributed by atoms with Crippen molar-refractivity contribution in [1.29, 1.82) is 0 Å². The van der Waals surface area contributed by atoms with E-state index in [4.69, 9.17) is 11.6 Å². The van der Waals surface area contributed by atoms with Crippen molar-refractivity contribution in [2.75, 3.05) is 5.75 Å². The SMILES string of the molecule is Cc1ccc(-n2c(SCC(=O)N/N=C\c3c(O)ccc4ccccc34)nnc2-c2ccc(Cl)cc2)cc1. The fraction of sp³-hybridized carbons (Fsp3) is 0.0714. The molecule has 0 aliphatic rings. The number of halogens is 1. The first-order valence-electron chi connectivity index (χ1n) is 11.4. The van der Waals surface area contributed by atoms with E-state index in [-0.39, 0.29) is 17.4 Å². The van der Waals surface area contributed by atoms with Crippen molar-refractivity contribution in [3.05, 3.63) is 101 Å². The van der Waals surface area contributed by atoms with Gasteiger partial charge in [0, 0.05) is 21.8 Å². The van der Waals surface area contributed by atoms with Gasteiger partial charge in [0.05, 0.1) is 12.0 Å². The molecule has 0 aliphatic carbocycles. The molecule has 0 unspecified atom stereocenters. The number of benzene rings is 4. The van der Waals surface area contributed by atoms with Crippen LogP contribution in [0.1, 0.15) is 11.1 Å². The smallest absolute Gasteiger partial charge is 0.250 e. The minimum absolute atomic E-state index is 0.0729. The van der Waals surface area contributed by atoms with Crippen LogP contribution in [0.2, 0.25) is 5.02 Å². The third-order valence-corrected chi connectivity index (χ3v) is 6.87. The van der Waals surface area contributed by atoms with Gasteiger partial charge in [-0.25, -0.2) is 5.43 Å². The van der Waals surface area contributed by atoms with E-state index in [1.54, 1.807) is 18.2 Å². The van der Waals surface area contributed by atoms with Crippen LogP contribution >= 0.6 is 23.4 Å². The lowest BCUT2D eigenvalue weighted by molar-refractivity contribution is -0.118. The van der Waals surface area contributed by atoms with Crippen LogP contribution in [0, 0.1) is 6.92 Å². The van der Waals surface area contributed by atoms with Crippen LogP contribution in [0.5, 0.6) is 5.75 Å². The van der Waals surface area contributed by atoms with Crippen molar-refractivity contribution in [3.63, 3.8) is 0 Å². The van der Waals surface area contributed by atoms with E-state index < -0.39 is 0 Å². The third kappa shape index (κ3) is 5.50. The highest BCUT2D eigenvalue weighted by molar-refractivity contribution is 7.99. The van der Waals surface area contributed by atoms with Crippen LogP contribution in [0.25, 0.3) is 27.8 Å². The van der Waals surface area contributed by atoms with Crippen molar-refractivity contribution in [2.45, 2.75) is 12.1 Å². The molecule has 184 valence electrons. The standard InChI is InChI=1S/C28H22ClN5O2S/c1-18-6-13-22(14-7-18)34-27(20-8-11-21(29)12-9-20)32-33-28(34)37-17-26(36)31-30-16-24-23-5-3-2-4-19(23)10-15-25(24)35/h2-16,35H,17H2,1H3,(H,31,36)/b30-16-. The zero-order chi connectivity index (χ0) is 25.8. The van der Waals surface area contributed by atoms with Crippen LogP contribution in [-0.4, -0.2) is 37.7 Å². The van der Waals surface area contributed by atoms with Crippen molar-refractivity contribution in [2.24, 2.45) is 5.10 Å². The van der Waals surface area contributed by atoms with Crippen LogP contribution in [-0.2, 0) is 4.79 Å². The molecule has 4 aromatic carbocycles. The number of hydrogen-bond donors (Lipinski definition) is 2. The number of carbonyl (C=O) groups is 1. The van der Waals surface area contributed by atoms with Gasteiger partial charge in [0.25, 0.3) is 5.91 Å². The predicted molar refractivity (Wildman–Crippen MR) is 149 cm³/mol. The van der Waals surface area contributed by atoms with Gasteiger partial charge >= 0.3 is 0 Å². The maximum Gasteiger partial charge on any atom is 0.250 e. The van der Waals surface area contributed by atoms with Gasteiger partial charge in [-0.2, -0.15) is 5.10 Å². The van der Waals surface area contributed by atoms with E-state index in [0.29, 0.717) is 21.6 Å². The summed E-state index contributed by atoms with van der Waals surface area (Å²) >= 11 is 7.32. The minimum Gasteiger partial charge on any atom is -0.507 e. The number of nitrogens with one attached hydrogen (secondary N) is 1. The molecule has 0 atom stereocenters. The first-order valence-corrected chi connectivity index (χ1v) is 12.8. The van der Waals surface area contributed by atoms with Crippen molar-refractivity contribution < 1.29 is 9.90 Å². The number of fused-ring (bicyclic) bond motifs is 1. The Morgan fingerprint density at radius 3 is 2.57 bits per heavy atom. The summed E-state index contributed by atoms with van der Waals surface area (Å²) in [4.78, 5) is 12.6. The second-order valence-electron chi connectivity index (χ2n) is 8.29. The molecule has 1 amide bonds. The number of carbonyl (C=O) groups excluding carboxylic acids is 1. The molecule has 0 bridgehead atoms. The summed E-state index contributed by atoms with van der Waals surface area (Å²) in [5.41, 5.74) is 5.94. The molecule has 5 aromatic rings. The normalized spacial score (nSPS) is 11.3. The van der Waals surface area contributed by atoms with E-state index in [1.807, 2.05) is 78.2 Å². The monoisotopic (exact) mass is 527 g/mol. The van der Waals surface area contributed by atoms with E-state index in [0.717, 1.165) is 27.6 Å². The van der Waals surface area contributed by atoms with Gasteiger partial charge in [0.15, 0.2) is 11.0 Å². The van der Waals surface area contributed by atoms with Gasteiger partial charge in [-0.15, -0.1) is 10.2 Å². The maximum absolute atomic E-state index is 12.6. The number of phenols is 1. The summed E-state index contributed by atoms with van der Waals surface area (Å²) in [6.07, 6.45) is 1.45. The molecule has 1 aromatic heterocycles. The number of thioether (sulfide) groups is 1. The van der Waals surface area contributed by atoms with Crippen molar-refractivity contribution in [1.82, 2.24) is 20.2 Å². The van der Waals surface area contributed by atoms with E-state index in [1.165, 1.54) is 18.0 Å². The Balaban J connectivity index is 1.34. The first-order chi connectivity index (χ1) is 18.0. The Bertz CT molecular complexity index is 1600. The molecule has 5 rings (SSSR count). The highest BCUT2D eigenvalue weighted by atomic mass is 35.5. The van der Waals surface area contributed by atoms with Gasteiger partial charge < -0.3 is 5.11 Å². The topological polar surface area (TPSA) is 92.4 Å². The highest BCUT2D eigenvalue weighted by Gasteiger charge is 2.17. The number of aromatic nitrogens is 3. The second-order valence-corrected chi connectivity index (χ2v) is 9.66. The molecule has 0 spiro atoms. The number of hydrazone groups is 1. The Labute approximate surface area is 222 Å². The van der Waals surface area contributed by atoms with Gasteiger partial charge in [-0.1, -0.05) is 71.4 Å². The molecule has 0 fully saturated rings. The van der Waals surface area contributed by atoms with E-state index in [9.17, 15) is 9.90 Å². The quantitative estimate of drug-likeness (QED) is 0.154. The van der Waals surface area contributed by atoms with Crippen molar-refractivity contribution >= 4 is 46.3 Å². The summed E-state index contributed by atoms with van der Waals surface area (Å²) in [6, 6.07) is 26.5. The van der Waals surface area contributed by atoms with Crippen LogP contribution in [0.3, 0.4) is 0 Å². The number of rotatable bonds is 7. The summed E-state index contributed by atoms with van der Waals surface area (Å²) in [7, 11) is 0. The lowest BCUT2D eigenvalue weighted by Crippen LogP contribution is -2.20. The Hall–Kier alpha value is -4.14. The van der Waals surface area contributed by atoms with Crippen LogP contribution in [0.15, 0.2) is 95.2 Å². The molecule has 0 saturated carbocycles. The Morgan fingerprint density at radius 2 is 1.78 bits per heavy atom. The summed E-state index contributed by atoms with van der Waals surface area (Å²) in [5, 5.41) is 26.1. The minimum atomic E-state index is -0.313. The summed E-state index contributed by atoms with van der Waals surface area (Å²) < 4.78 is 1.91. The molecule has 0 saturated heterocycles. The van der Waals surface area contributed by atoms with Gasteiger partial charge in [0.2, 0.25) is 0 Å². The zero-order valence-electron chi connectivity index (χ0n) is 19.8. The number of phenolic OH excluding ortho intramolecular Hbond substituents is 1. The van der Waals surface area contributed by atoms with E-state index in [2.05, 4.69) is 20.7 Å². The zero-order valence-corrected chi connectivity index (χ0v) is 21.4. The lowest BCUT2D eigenvalue weighted by atomic mass is 10.0. The van der Waals surface area contributed by atoms with Crippen molar-refractivity contribution in [3.8, 4) is 22.8 Å².